The van der Waals surface area contributed by atoms with Crippen LogP contribution in [0.3, 0.4) is 0 Å². The number of ether oxygens (including phenoxy) is 1. The lowest BCUT2D eigenvalue weighted by atomic mass is 9.72. The lowest BCUT2D eigenvalue weighted by molar-refractivity contribution is -0.0980. The van der Waals surface area contributed by atoms with Crippen molar-refractivity contribution in [2.75, 3.05) is 13.7 Å². The minimum absolute atomic E-state index is 0.00827. The molecule has 0 heterocycles. The summed E-state index contributed by atoms with van der Waals surface area (Å²) in [6.45, 7) is 3.22. The van der Waals surface area contributed by atoms with E-state index in [1.165, 1.54) is 12.0 Å². The van der Waals surface area contributed by atoms with Gasteiger partial charge in [0.1, 0.15) is 0 Å². The smallest absolute Gasteiger partial charge is 0.0834 e. The molecule has 0 amide bonds. The van der Waals surface area contributed by atoms with Crippen LogP contribution in [0.2, 0.25) is 5.02 Å². The first-order valence-electron chi connectivity index (χ1n) is 7.24. The predicted molar refractivity (Wildman–Crippen MR) is 80.8 cm³/mol. The van der Waals surface area contributed by atoms with Crippen LogP contribution in [0.25, 0.3) is 0 Å². The van der Waals surface area contributed by atoms with E-state index >= 15 is 0 Å². The number of benzene rings is 1. The van der Waals surface area contributed by atoms with E-state index in [4.69, 9.17) is 16.3 Å². The zero-order valence-electron chi connectivity index (χ0n) is 11.9. The molecule has 1 saturated carbocycles. The van der Waals surface area contributed by atoms with Gasteiger partial charge in [-0.25, -0.2) is 0 Å². The third-order valence-corrected chi connectivity index (χ3v) is 4.63. The Kier molecular flexibility index (Phi) is 5.26. The van der Waals surface area contributed by atoms with Crippen LogP contribution < -0.4 is 5.32 Å². The standard InChI is InChI=1S/C16H24ClNO/c1-3-11-18-15(16(19-2)9-6-10-16)12-13-7-4-5-8-14(13)17/h4-5,7-8,15,18H,3,6,9-12H2,1-2H3. The van der Waals surface area contributed by atoms with Gasteiger partial charge in [-0.15, -0.1) is 0 Å². The van der Waals surface area contributed by atoms with Crippen molar-refractivity contribution in [2.24, 2.45) is 0 Å². The van der Waals surface area contributed by atoms with E-state index in [-0.39, 0.29) is 5.60 Å². The topological polar surface area (TPSA) is 21.3 Å². The molecule has 0 aromatic heterocycles. The van der Waals surface area contributed by atoms with Gasteiger partial charge >= 0.3 is 0 Å². The minimum Gasteiger partial charge on any atom is -0.377 e. The van der Waals surface area contributed by atoms with Crippen LogP contribution in [0.5, 0.6) is 0 Å². The molecule has 0 spiro atoms. The van der Waals surface area contributed by atoms with E-state index in [0.717, 1.165) is 37.3 Å². The predicted octanol–water partition coefficient (Wildman–Crippen LogP) is 3.82. The zero-order chi connectivity index (χ0) is 13.7. The molecule has 2 nitrogen and oxygen atoms in total. The largest absolute Gasteiger partial charge is 0.377 e. The number of nitrogens with one attached hydrogen (secondary N) is 1. The molecule has 106 valence electrons. The van der Waals surface area contributed by atoms with Gasteiger partial charge in [-0.2, -0.15) is 0 Å². The Morgan fingerprint density at radius 3 is 2.63 bits per heavy atom. The Morgan fingerprint density at radius 2 is 2.11 bits per heavy atom. The van der Waals surface area contributed by atoms with Gasteiger partial charge in [0.15, 0.2) is 0 Å². The Hall–Kier alpha value is -0.570. The van der Waals surface area contributed by atoms with Crippen molar-refractivity contribution in [1.29, 1.82) is 0 Å². The van der Waals surface area contributed by atoms with Crippen molar-refractivity contribution in [3.05, 3.63) is 34.9 Å². The van der Waals surface area contributed by atoms with E-state index in [2.05, 4.69) is 24.4 Å². The molecule has 0 radical (unpaired) electrons. The molecule has 1 aliphatic carbocycles. The maximum Gasteiger partial charge on any atom is 0.0834 e. The molecule has 1 aliphatic rings. The van der Waals surface area contributed by atoms with Crippen molar-refractivity contribution < 1.29 is 4.74 Å². The Labute approximate surface area is 121 Å². The second kappa shape index (κ2) is 6.74. The highest BCUT2D eigenvalue weighted by Crippen LogP contribution is 2.39. The van der Waals surface area contributed by atoms with Crippen LogP contribution in [0.15, 0.2) is 24.3 Å². The van der Waals surface area contributed by atoms with Crippen molar-refractivity contribution in [3.63, 3.8) is 0 Å². The fourth-order valence-electron chi connectivity index (χ4n) is 2.87. The molecule has 3 heteroatoms. The lowest BCUT2D eigenvalue weighted by Crippen LogP contribution is -2.57. The molecule has 0 aliphatic heterocycles. The summed E-state index contributed by atoms with van der Waals surface area (Å²) in [4.78, 5) is 0. The second-order valence-electron chi connectivity index (χ2n) is 5.42. The summed E-state index contributed by atoms with van der Waals surface area (Å²) in [7, 11) is 1.84. The number of hydrogen-bond acceptors (Lipinski definition) is 2. The molecular formula is C16H24ClNO. The van der Waals surface area contributed by atoms with Gasteiger partial charge in [0.2, 0.25) is 0 Å². The fraction of sp³-hybridized carbons (Fsp3) is 0.625. The molecule has 1 unspecified atom stereocenters. The molecule has 19 heavy (non-hydrogen) atoms. The monoisotopic (exact) mass is 281 g/mol. The molecule has 1 atom stereocenters. The number of methoxy groups -OCH3 is 1. The van der Waals surface area contributed by atoms with Gasteiger partial charge in [-0.05, 0) is 50.3 Å². The van der Waals surface area contributed by atoms with Gasteiger partial charge in [-0.1, -0.05) is 36.7 Å². The zero-order valence-corrected chi connectivity index (χ0v) is 12.7. The lowest BCUT2D eigenvalue weighted by Gasteiger charge is -2.47. The fourth-order valence-corrected chi connectivity index (χ4v) is 3.08. The Morgan fingerprint density at radius 1 is 1.37 bits per heavy atom. The maximum atomic E-state index is 6.29. The van der Waals surface area contributed by atoms with Crippen LogP contribution in [0.1, 0.15) is 38.2 Å². The van der Waals surface area contributed by atoms with Crippen molar-refractivity contribution in [2.45, 2.75) is 50.7 Å². The highest BCUT2D eigenvalue weighted by Gasteiger charge is 2.44. The van der Waals surface area contributed by atoms with Gasteiger partial charge in [0.05, 0.1) is 5.60 Å². The van der Waals surface area contributed by atoms with Gasteiger partial charge in [0, 0.05) is 18.2 Å². The van der Waals surface area contributed by atoms with Gasteiger partial charge in [0.25, 0.3) is 0 Å². The quantitative estimate of drug-likeness (QED) is 0.820. The summed E-state index contributed by atoms with van der Waals surface area (Å²) >= 11 is 6.29. The highest BCUT2D eigenvalue weighted by molar-refractivity contribution is 6.31. The Balaban J connectivity index is 2.12. The summed E-state index contributed by atoms with van der Waals surface area (Å²) < 4.78 is 5.84. The normalized spacial score (nSPS) is 18.9. The molecule has 1 aromatic carbocycles. The SMILES string of the molecule is CCCNC(Cc1ccccc1Cl)C1(OC)CCC1. The van der Waals surface area contributed by atoms with Crippen molar-refractivity contribution in [3.8, 4) is 0 Å². The van der Waals surface area contributed by atoms with Crippen LogP contribution >= 0.6 is 11.6 Å². The molecule has 2 rings (SSSR count). The first-order valence-corrected chi connectivity index (χ1v) is 7.61. The van der Waals surface area contributed by atoms with Crippen LogP contribution in [-0.4, -0.2) is 25.3 Å². The van der Waals surface area contributed by atoms with Crippen molar-refractivity contribution >= 4 is 11.6 Å². The minimum atomic E-state index is 0.00827. The number of rotatable bonds is 7. The van der Waals surface area contributed by atoms with E-state index in [9.17, 15) is 0 Å². The Bertz CT molecular complexity index is 398. The first kappa shape index (κ1) is 14.8. The van der Waals surface area contributed by atoms with Crippen molar-refractivity contribution in [1.82, 2.24) is 5.32 Å². The van der Waals surface area contributed by atoms with Gasteiger partial charge < -0.3 is 10.1 Å². The maximum absolute atomic E-state index is 6.29. The third kappa shape index (κ3) is 3.31. The number of halogens is 1. The van der Waals surface area contributed by atoms with E-state index in [0.29, 0.717) is 6.04 Å². The van der Waals surface area contributed by atoms with Gasteiger partial charge in [-0.3, -0.25) is 0 Å². The number of hydrogen-bond donors (Lipinski definition) is 1. The summed E-state index contributed by atoms with van der Waals surface area (Å²) in [6.07, 6.45) is 5.64. The summed E-state index contributed by atoms with van der Waals surface area (Å²) in [5, 5.41) is 4.51. The molecule has 0 bridgehead atoms. The average Bonchev–Trinajstić information content (AvgIpc) is 2.37. The van der Waals surface area contributed by atoms with E-state index in [1.54, 1.807) is 0 Å². The van der Waals surface area contributed by atoms with Crippen LogP contribution in [0.4, 0.5) is 0 Å². The average molecular weight is 282 g/mol. The molecular weight excluding hydrogens is 258 g/mol. The molecule has 1 aromatic rings. The summed E-state index contributed by atoms with van der Waals surface area (Å²) in [6, 6.07) is 8.47. The van der Waals surface area contributed by atoms with E-state index in [1.807, 2.05) is 19.2 Å². The van der Waals surface area contributed by atoms with Crippen LogP contribution in [-0.2, 0) is 11.2 Å². The summed E-state index contributed by atoms with van der Waals surface area (Å²) in [5.74, 6) is 0. The molecule has 0 saturated heterocycles. The highest BCUT2D eigenvalue weighted by atomic mass is 35.5. The van der Waals surface area contributed by atoms with Crippen LogP contribution in [0, 0.1) is 0 Å². The summed E-state index contributed by atoms with van der Waals surface area (Å²) in [5.41, 5.74) is 1.22. The first-order chi connectivity index (χ1) is 9.22. The second-order valence-corrected chi connectivity index (χ2v) is 5.83. The molecule has 1 N–H and O–H groups in total. The third-order valence-electron chi connectivity index (χ3n) is 4.26. The van der Waals surface area contributed by atoms with E-state index < -0.39 is 0 Å². The molecule has 1 fully saturated rings.